The second kappa shape index (κ2) is 8.32. The summed E-state index contributed by atoms with van der Waals surface area (Å²) in [5.41, 5.74) is 1.70. The highest BCUT2D eigenvalue weighted by molar-refractivity contribution is 6.34. The van der Waals surface area contributed by atoms with Crippen molar-refractivity contribution in [1.82, 2.24) is 15.1 Å². The summed E-state index contributed by atoms with van der Waals surface area (Å²) in [6.07, 6.45) is 2.79. The highest BCUT2D eigenvalue weighted by Crippen LogP contribution is 2.37. The summed E-state index contributed by atoms with van der Waals surface area (Å²) in [6.45, 7) is 4.03. The molecule has 0 aliphatic carbocycles. The van der Waals surface area contributed by atoms with E-state index >= 15 is 0 Å². The topological polar surface area (TPSA) is 73.0 Å². The Morgan fingerprint density at radius 3 is 2.52 bits per heavy atom. The molecule has 3 aliphatic rings. The maximum absolute atomic E-state index is 12.5. The summed E-state index contributed by atoms with van der Waals surface area (Å²) in [5, 5.41) is 3.00. The van der Waals surface area contributed by atoms with Crippen LogP contribution < -0.4 is 10.2 Å². The van der Waals surface area contributed by atoms with Crippen molar-refractivity contribution in [2.45, 2.75) is 37.6 Å². The lowest BCUT2D eigenvalue weighted by Gasteiger charge is -2.42. The van der Waals surface area contributed by atoms with Gasteiger partial charge in [-0.1, -0.05) is 23.7 Å². The summed E-state index contributed by atoms with van der Waals surface area (Å²) < 4.78 is 0. The zero-order chi connectivity index (χ0) is 20.5. The third-order valence-electron chi connectivity index (χ3n) is 6.35. The largest absolute Gasteiger partial charge is 0.368 e. The molecule has 29 heavy (non-hydrogen) atoms. The fraction of sp³-hybridized carbons (Fsp3) is 0.571. The lowest BCUT2D eigenvalue weighted by Crippen LogP contribution is -2.57. The van der Waals surface area contributed by atoms with Crippen molar-refractivity contribution in [3.8, 4) is 0 Å². The van der Waals surface area contributed by atoms with E-state index in [-0.39, 0.29) is 23.8 Å². The standard InChI is InChI=1S/C21H27ClN4O3/c1-24-9-3-6-17(21(24)29)26-12-10-25(11-13-26)16-5-2-4-14(19(16)22)15-7-8-18(27)23-20(15)28/h2,4-5,15,17H,3,6-13H2,1H3,(H,23,27,28). The number of anilines is 1. The second-order valence-electron chi connectivity index (χ2n) is 8.12. The van der Waals surface area contributed by atoms with Gasteiger partial charge >= 0.3 is 0 Å². The summed E-state index contributed by atoms with van der Waals surface area (Å²) in [7, 11) is 1.88. The van der Waals surface area contributed by atoms with Crippen molar-refractivity contribution >= 4 is 35.0 Å². The second-order valence-corrected chi connectivity index (χ2v) is 8.50. The third-order valence-corrected chi connectivity index (χ3v) is 6.76. The van der Waals surface area contributed by atoms with Gasteiger partial charge in [-0.3, -0.25) is 24.6 Å². The molecule has 4 rings (SSSR count). The summed E-state index contributed by atoms with van der Waals surface area (Å²) >= 11 is 6.72. The molecule has 7 nitrogen and oxygen atoms in total. The normalized spacial score (nSPS) is 26.6. The molecule has 0 radical (unpaired) electrons. The Morgan fingerprint density at radius 2 is 1.79 bits per heavy atom. The number of amides is 3. The molecule has 1 N–H and O–H groups in total. The van der Waals surface area contributed by atoms with E-state index < -0.39 is 5.92 Å². The van der Waals surface area contributed by atoms with Crippen LogP contribution in [0.15, 0.2) is 18.2 Å². The van der Waals surface area contributed by atoms with Gasteiger partial charge < -0.3 is 9.80 Å². The Morgan fingerprint density at radius 1 is 1.03 bits per heavy atom. The number of hydrogen-bond donors (Lipinski definition) is 1. The van der Waals surface area contributed by atoms with Crippen LogP contribution >= 0.6 is 11.6 Å². The van der Waals surface area contributed by atoms with E-state index in [1.54, 1.807) is 0 Å². The summed E-state index contributed by atoms with van der Waals surface area (Å²) in [6, 6.07) is 5.76. The molecule has 3 amide bonds. The molecule has 3 aliphatic heterocycles. The van der Waals surface area contributed by atoms with Gasteiger partial charge in [-0.15, -0.1) is 0 Å². The van der Waals surface area contributed by atoms with Crippen LogP contribution in [0.2, 0.25) is 5.02 Å². The van der Waals surface area contributed by atoms with Crippen LogP contribution in [0, 0.1) is 0 Å². The number of nitrogens with one attached hydrogen (secondary N) is 1. The first-order valence-electron chi connectivity index (χ1n) is 10.3. The highest BCUT2D eigenvalue weighted by atomic mass is 35.5. The van der Waals surface area contributed by atoms with Gasteiger partial charge in [0.25, 0.3) is 0 Å². The SMILES string of the molecule is CN1CCCC(N2CCN(c3cccc(C4CCC(=O)NC4=O)c3Cl)CC2)C1=O. The van der Waals surface area contributed by atoms with Crippen molar-refractivity contribution in [3.05, 3.63) is 28.8 Å². The molecule has 3 saturated heterocycles. The number of likely N-dealkylation sites (tertiary alicyclic amines) is 1. The number of piperidine rings is 2. The van der Waals surface area contributed by atoms with Crippen LogP contribution in [0.4, 0.5) is 5.69 Å². The van der Waals surface area contributed by atoms with Crippen LogP contribution in [0.25, 0.3) is 0 Å². The zero-order valence-electron chi connectivity index (χ0n) is 16.7. The number of carbonyl (C=O) groups is 3. The smallest absolute Gasteiger partial charge is 0.239 e. The Hall–Kier alpha value is -2.12. The minimum Gasteiger partial charge on any atom is -0.368 e. The zero-order valence-corrected chi connectivity index (χ0v) is 17.5. The van der Waals surface area contributed by atoms with Crippen LogP contribution in [0.1, 0.15) is 37.2 Å². The molecule has 1 aromatic rings. The van der Waals surface area contributed by atoms with Crippen LogP contribution in [0.5, 0.6) is 0 Å². The molecule has 2 atom stereocenters. The molecular formula is C21H27ClN4O3. The van der Waals surface area contributed by atoms with Crippen molar-refractivity contribution in [3.63, 3.8) is 0 Å². The number of piperazine rings is 1. The highest BCUT2D eigenvalue weighted by Gasteiger charge is 2.34. The van der Waals surface area contributed by atoms with E-state index in [0.29, 0.717) is 17.9 Å². The van der Waals surface area contributed by atoms with Gasteiger partial charge in [-0.2, -0.15) is 0 Å². The number of likely N-dealkylation sites (N-methyl/N-ethyl adjacent to an activating group) is 1. The van der Waals surface area contributed by atoms with E-state index in [9.17, 15) is 14.4 Å². The first-order valence-corrected chi connectivity index (χ1v) is 10.7. The van der Waals surface area contributed by atoms with E-state index in [2.05, 4.69) is 15.1 Å². The Kier molecular flexibility index (Phi) is 5.79. The van der Waals surface area contributed by atoms with Crippen molar-refractivity contribution in [1.29, 1.82) is 0 Å². The van der Waals surface area contributed by atoms with Gasteiger partial charge in [0.05, 0.1) is 22.7 Å². The van der Waals surface area contributed by atoms with Crippen LogP contribution in [0.3, 0.4) is 0 Å². The number of benzene rings is 1. The van der Waals surface area contributed by atoms with Gasteiger partial charge in [-0.25, -0.2) is 0 Å². The average molecular weight is 419 g/mol. The lowest BCUT2D eigenvalue weighted by molar-refractivity contribution is -0.139. The number of rotatable bonds is 3. The Balaban J connectivity index is 1.46. The van der Waals surface area contributed by atoms with E-state index in [1.165, 1.54) is 0 Å². The van der Waals surface area contributed by atoms with Gasteiger partial charge in [-0.05, 0) is 30.9 Å². The third kappa shape index (κ3) is 3.98. The Labute approximate surface area is 176 Å². The predicted octanol–water partition coefficient (Wildman–Crippen LogP) is 1.60. The molecule has 0 saturated carbocycles. The molecule has 3 fully saturated rings. The van der Waals surface area contributed by atoms with Crippen molar-refractivity contribution in [2.75, 3.05) is 44.7 Å². The molecular weight excluding hydrogens is 392 g/mol. The maximum atomic E-state index is 12.5. The van der Waals surface area contributed by atoms with Crippen molar-refractivity contribution < 1.29 is 14.4 Å². The molecule has 156 valence electrons. The number of carbonyl (C=O) groups excluding carboxylic acids is 3. The number of nitrogens with zero attached hydrogens (tertiary/aromatic N) is 3. The summed E-state index contributed by atoms with van der Waals surface area (Å²) in [5.74, 6) is -0.665. The van der Waals surface area contributed by atoms with E-state index in [4.69, 9.17) is 11.6 Å². The predicted molar refractivity (Wildman–Crippen MR) is 111 cm³/mol. The van der Waals surface area contributed by atoms with Crippen LogP contribution in [-0.2, 0) is 14.4 Å². The van der Waals surface area contributed by atoms with Crippen molar-refractivity contribution in [2.24, 2.45) is 0 Å². The molecule has 0 spiro atoms. The quantitative estimate of drug-likeness (QED) is 0.755. The minimum absolute atomic E-state index is 0.0128. The molecule has 2 unspecified atom stereocenters. The van der Waals surface area contributed by atoms with Gasteiger partial charge in [0, 0.05) is 46.2 Å². The lowest BCUT2D eigenvalue weighted by atomic mass is 9.90. The molecule has 1 aromatic carbocycles. The molecule has 0 aromatic heterocycles. The van der Waals surface area contributed by atoms with E-state index in [1.807, 2.05) is 30.1 Å². The van der Waals surface area contributed by atoms with Gasteiger partial charge in [0.1, 0.15) is 0 Å². The summed E-state index contributed by atoms with van der Waals surface area (Å²) in [4.78, 5) is 42.6. The van der Waals surface area contributed by atoms with E-state index in [0.717, 1.165) is 56.8 Å². The van der Waals surface area contributed by atoms with Gasteiger partial charge in [0.2, 0.25) is 17.7 Å². The molecule has 0 bridgehead atoms. The average Bonchev–Trinajstić information content (AvgIpc) is 2.71. The fourth-order valence-corrected chi connectivity index (χ4v) is 5.04. The first-order chi connectivity index (χ1) is 14.0. The monoisotopic (exact) mass is 418 g/mol. The molecule has 3 heterocycles. The Bertz CT molecular complexity index is 822. The number of hydrogen-bond acceptors (Lipinski definition) is 5. The first kappa shape index (κ1) is 20.2. The number of imide groups is 1. The van der Waals surface area contributed by atoms with Gasteiger partial charge in [0.15, 0.2) is 0 Å². The number of halogens is 1. The van der Waals surface area contributed by atoms with Crippen LogP contribution in [-0.4, -0.2) is 73.3 Å². The fourth-order valence-electron chi connectivity index (χ4n) is 4.66. The molecule has 8 heteroatoms. The maximum Gasteiger partial charge on any atom is 0.239 e. The minimum atomic E-state index is -0.392.